The lowest BCUT2D eigenvalue weighted by Crippen LogP contribution is -2.39. The number of rotatable bonds is 5. The van der Waals surface area contributed by atoms with E-state index in [1.54, 1.807) is 12.4 Å². The Kier molecular flexibility index (Phi) is 14.4. The van der Waals surface area contributed by atoms with Crippen molar-refractivity contribution in [3.63, 3.8) is 0 Å². The molecule has 0 atom stereocenters. The standard InChI is InChI=1S/C25H28ClN7O.C4F6O2.C2HF3O/c26-21-15-29-25-31-20-11-17(13-28-14-20)1-3-18-12-19(30-24(21)33-25)4-5-22(18)32-23(34)6-2-16-7-9-27-10-8-16;5-3(6,7)1(11)2(12)4(8,9)10;3-2(4,5)1-6/h4-5,11-16,27H,1-3,6-10H2,(H,32,34)(H2,29,30,31,33);;1H. The first-order chi connectivity index (χ1) is 24.2. The number of ketones is 2. The molecule has 3 aromatic rings. The molecule has 0 spiro atoms. The summed E-state index contributed by atoms with van der Waals surface area (Å²) in [6.45, 7) is 2.10. The summed E-state index contributed by atoms with van der Waals surface area (Å²) in [6, 6.07) is 7.96. The van der Waals surface area contributed by atoms with Crippen molar-refractivity contribution in [3.8, 4) is 0 Å². The summed E-state index contributed by atoms with van der Waals surface area (Å²) >= 11 is 6.34. The fourth-order valence-electron chi connectivity index (χ4n) is 4.73. The average molecular weight is 770 g/mol. The van der Waals surface area contributed by atoms with E-state index in [0.717, 1.165) is 73.4 Å². The highest BCUT2D eigenvalue weighted by Crippen LogP contribution is 2.30. The Balaban J connectivity index is 0.000000337. The second-order valence-electron chi connectivity index (χ2n) is 11.2. The Labute approximate surface area is 294 Å². The number of nitrogens with one attached hydrogen (secondary N) is 4. The number of halogens is 10. The molecule has 4 heterocycles. The van der Waals surface area contributed by atoms with Gasteiger partial charge in [-0.05, 0) is 86.5 Å². The van der Waals surface area contributed by atoms with Crippen molar-refractivity contribution in [3.05, 3.63) is 59.0 Å². The van der Waals surface area contributed by atoms with Gasteiger partial charge in [-0.15, -0.1) is 0 Å². The third-order valence-electron chi connectivity index (χ3n) is 7.21. The second-order valence-corrected chi connectivity index (χ2v) is 11.6. The summed E-state index contributed by atoms with van der Waals surface area (Å²) in [4.78, 5) is 53.8. The van der Waals surface area contributed by atoms with E-state index in [-0.39, 0.29) is 5.91 Å². The van der Waals surface area contributed by atoms with Gasteiger partial charge in [-0.25, -0.2) is 4.98 Å². The van der Waals surface area contributed by atoms with Gasteiger partial charge in [-0.2, -0.15) is 44.5 Å². The van der Waals surface area contributed by atoms with Crippen LogP contribution in [0.5, 0.6) is 0 Å². The minimum Gasteiger partial charge on any atom is -0.339 e. The number of benzene rings is 1. The first-order valence-electron chi connectivity index (χ1n) is 15.1. The molecule has 0 unspecified atom stereocenters. The van der Waals surface area contributed by atoms with Crippen molar-refractivity contribution in [2.75, 3.05) is 29.0 Å². The van der Waals surface area contributed by atoms with Gasteiger partial charge in [0.2, 0.25) is 18.1 Å². The maximum Gasteiger partial charge on any atom is 0.458 e. The summed E-state index contributed by atoms with van der Waals surface area (Å²) in [5.41, 5.74) is 4.62. The number of carbonyl (C=O) groups excluding carboxylic acids is 4. The van der Waals surface area contributed by atoms with Gasteiger partial charge in [-0.1, -0.05) is 11.6 Å². The molecule has 5 rings (SSSR count). The molecule has 21 heteroatoms. The zero-order chi connectivity index (χ0) is 38.7. The zero-order valence-corrected chi connectivity index (χ0v) is 27.4. The molecule has 4 N–H and O–H groups in total. The zero-order valence-electron chi connectivity index (χ0n) is 26.6. The summed E-state index contributed by atoms with van der Waals surface area (Å²) in [7, 11) is 0. The molecule has 0 radical (unpaired) electrons. The van der Waals surface area contributed by atoms with E-state index < -0.39 is 36.4 Å². The first-order valence-corrected chi connectivity index (χ1v) is 15.5. The van der Waals surface area contributed by atoms with Gasteiger partial charge in [-0.3, -0.25) is 24.2 Å². The molecule has 1 fully saturated rings. The smallest absolute Gasteiger partial charge is 0.339 e. The van der Waals surface area contributed by atoms with Crippen LogP contribution < -0.4 is 21.3 Å². The van der Waals surface area contributed by atoms with Crippen LogP contribution in [-0.2, 0) is 32.0 Å². The summed E-state index contributed by atoms with van der Waals surface area (Å²) in [5, 5.41) is 13.4. The van der Waals surface area contributed by atoms with Crippen molar-refractivity contribution in [2.45, 2.75) is 57.1 Å². The largest absolute Gasteiger partial charge is 0.458 e. The molecular formula is C31H29ClF9N7O4. The van der Waals surface area contributed by atoms with Crippen LogP contribution in [0.15, 0.2) is 42.9 Å². The lowest BCUT2D eigenvalue weighted by molar-refractivity contribution is -0.193. The molecule has 2 aliphatic rings. The van der Waals surface area contributed by atoms with E-state index >= 15 is 0 Å². The van der Waals surface area contributed by atoms with Gasteiger partial charge >= 0.3 is 30.1 Å². The molecule has 11 nitrogen and oxygen atoms in total. The Morgan fingerprint density at radius 3 is 2.10 bits per heavy atom. The Hall–Kier alpha value is -4.85. The Morgan fingerprint density at radius 2 is 1.50 bits per heavy atom. The predicted molar refractivity (Wildman–Crippen MR) is 169 cm³/mol. The molecule has 1 aromatic carbocycles. The number of anilines is 5. The maximum absolute atomic E-state index is 12.8. The minimum atomic E-state index is -5.77. The number of Topliss-reactive ketones (excluding diaryl/α,β-unsaturated/α-hetero) is 2. The van der Waals surface area contributed by atoms with Crippen molar-refractivity contribution in [1.29, 1.82) is 0 Å². The summed E-state index contributed by atoms with van der Waals surface area (Å²) < 4.78 is 98.2. The molecule has 6 bridgehead atoms. The van der Waals surface area contributed by atoms with Crippen LogP contribution in [0, 0.1) is 5.92 Å². The number of aryl methyl sites for hydroxylation is 2. The molecule has 282 valence electrons. The SMILES string of the molecule is O=C(C(=O)C(F)(F)F)C(F)(F)F.O=C(CCC1CCNCC1)Nc1ccc2cc1CCc1cncc(c1)Nc1ncc(Cl)c(n1)N2.O=CC(F)(F)F. The maximum atomic E-state index is 12.8. The van der Waals surface area contributed by atoms with E-state index in [1.807, 2.05) is 30.5 Å². The van der Waals surface area contributed by atoms with Gasteiger partial charge in [0.25, 0.3) is 0 Å². The number of nitrogens with zero attached hydrogens (tertiary/aromatic N) is 3. The first kappa shape index (κ1) is 41.6. The fourth-order valence-corrected chi connectivity index (χ4v) is 4.87. The highest BCUT2D eigenvalue weighted by Gasteiger charge is 2.54. The predicted octanol–water partition coefficient (Wildman–Crippen LogP) is 6.83. The van der Waals surface area contributed by atoms with Crippen molar-refractivity contribution in [1.82, 2.24) is 20.3 Å². The lowest BCUT2D eigenvalue weighted by Gasteiger charge is -2.22. The number of amides is 1. The molecule has 0 aliphatic carbocycles. The van der Waals surface area contributed by atoms with Crippen LogP contribution in [-0.4, -0.2) is 70.3 Å². The van der Waals surface area contributed by atoms with E-state index in [0.29, 0.717) is 29.1 Å². The normalized spacial score (nSPS) is 14.5. The van der Waals surface area contributed by atoms with Crippen LogP contribution in [0.25, 0.3) is 0 Å². The fraction of sp³-hybridized carbons (Fsp3) is 0.387. The highest BCUT2D eigenvalue weighted by atomic mass is 35.5. The second kappa shape index (κ2) is 18.1. The van der Waals surface area contributed by atoms with Crippen molar-refractivity contribution >= 4 is 64.2 Å². The number of piperidine rings is 1. The van der Waals surface area contributed by atoms with E-state index in [1.165, 1.54) is 0 Å². The van der Waals surface area contributed by atoms with Crippen LogP contribution in [0.4, 0.5) is 68.3 Å². The third-order valence-corrected chi connectivity index (χ3v) is 7.49. The molecule has 1 saturated heterocycles. The number of pyridine rings is 1. The van der Waals surface area contributed by atoms with E-state index in [2.05, 4.69) is 36.2 Å². The number of alkyl halides is 9. The molecule has 52 heavy (non-hydrogen) atoms. The van der Waals surface area contributed by atoms with Gasteiger partial charge in [0.15, 0.2) is 5.82 Å². The van der Waals surface area contributed by atoms with Crippen LogP contribution in [0.1, 0.15) is 36.8 Å². The highest BCUT2D eigenvalue weighted by molar-refractivity contribution is 6.41. The topological polar surface area (TPSA) is 155 Å². The van der Waals surface area contributed by atoms with Gasteiger partial charge in [0, 0.05) is 24.0 Å². The van der Waals surface area contributed by atoms with Crippen LogP contribution >= 0.6 is 11.6 Å². The summed E-state index contributed by atoms with van der Waals surface area (Å²) in [6.07, 6.45) is -6.78. The van der Waals surface area contributed by atoms with Crippen LogP contribution in [0.2, 0.25) is 5.02 Å². The number of aromatic nitrogens is 3. The van der Waals surface area contributed by atoms with Gasteiger partial charge in [0.05, 0.1) is 18.1 Å². The Bertz CT molecular complexity index is 1710. The number of carbonyl (C=O) groups is 4. The van der Waals surface area contributed by atoms with Gasteiger partial charge < -0.3 is 21.3 Å². The third kappa shape index (κ3) is 13.7. The van der Waals surface area contributed by atoms with Crippen molar-refractivity contribution < 1.29 is 58.7 Å². The molecule has 1 amide bonds. The lowest BCUT2D eigenvalue weighted by atomic mass is 9.93. The average Bonchev–Trinajstić information content (AvgIpc) is 3.08. The van der Waals surface area contributed by atoms with Crippen LogP contribution in [0.3, 0.4) is 0 Å². The monoisotopic (exact) mass is 769 g/mol. The van der Waals surface area contributed by atoms with Gasteiger partial charge in [0.1, 0.15) is 5.02 Å². The molecule has 2 aromatic heterocycles. The van der Waals surface area contributed by atoms with E-state index in [4.69, 9.17) is 16.4 Å². The number of hydrogen-bond donors (Lipinski definition) is 4. The molecular weight excluding hydrogens is 741 g/mol. The quantitative estimate of drug-likeness (QED) is 0.123. The van der Waals surface area contributed by atoms with E-state index in [9.17, 15) is 53.9 Å². The summed E-state index contributed by atoms with van der Waals surface area (Å²) in [5.74, 6) is -5.18. The Morgan fingerprint density at radius 1 is 0.865 bits per heavy atom. The molecule has 2 aliphatic heterocycles. The van der Waals surface area contributed by atoms with Crippen molar-refractivity contribution in [2.24, 2.45) is 5.92 Å². The number of hydrogen-bond acceptors (Lipinski definition) is 10. The number of aldehydes is 1. The molecule has 0 saturated carbocycles. The minimum absolute atomic E-state index is 0.0646. The number of fused-ring (bicyclic) bond motifs is 6.